The van der Waals surface area contributed by atoms with Gasteiger partial charge in [-0.2, -0.15) is 5.26 Å². The van der Waals surface area contributed by atoms with Crippen LogP contribution in [0.25, 0.3) is 11.1 Å². The van der Waals surface area contributed by atoms with E-state index in [-0.39, 0.29) is 12.5 Å². The van der Waals surface area contributed by atoms with Gasteiger partial charge in [0, 0.05) is 5.56 Å². The van der Waals surface area contributed by atoms with Crippen LogP contribution in [0.1, 0.15) is 11.6 Å². The van der Waals surface area contributed by atoms with Crippen LogP contribution in [0.2, 0.25) is 0 Å². The second-order valence-corrected chi connectivity index (χ2v) is 5.19. The molecule has 5 heteroatoms. The molecule has 0 radical (unpaired) electrons. The molecule has 1 atom stereocenters. The van der Waals surface area contributed by atoms with Gasteiger partial charge in [0.1, 0.15) is 6.61 Å². The van der Waals surface area contributed by atoms with Crippen molar-refractivity contribution in [1.29, 1.82) is 5.26 Å². The minimum Gasteiger partial charge on any atom is -0.448 e. The zero-order valence-corrected chi connectivity index (χ0v) is 12.5. The van der Waals surface area contributed by atoms with Gasteiger partial charge < -0.3 is 4.74 Å². The van der Waals surface area contributed by atoms with Crippen LogP contribution in [0.3, 0.4) is 0 Å². The maximum atomic E-state index is 12.4. The molecule has 0 bridgehead atoms. The summed E-state index contributed by atoms with van der Waals surface area (Å²) in [7, 11) is 0. The third-order valence-corrected chi connectivity index (χ3v) is 3.74. The monoisotopic (exact) mass is 312 g/mol. The molecule has 0 aliphatic carbocycles. The summed E-state index contributed by atoms with van der Waals surface area (Å²) >= 11 is 5.58. The molecule has 1 unspecified atom stereocenters. The predicted octanol–water partition coefficient (Wildman–Crippen LogP) is 4.11. The number of fused-ring (bicyclic) bond motifs is 3. The highest BCUT2D eigenvalue weighted by Gasteiger charge is 2.35. The van der Waals surface area contributed by atoms with Crippen LogP contribution in [-0.4, -0.2) is 18.6 Å². The van der Waals surface area contributed by atoms with Gasteiger partial charge in [-0.25, -0.2) is 4.79 Å². The number of benzene rings is 2. The van der Waals surface area contributed by atoms with Gasteiger partial charge in [-0.05, 0) is 17.2 Å². The number of rotatable bonds is 2. The Labute approximate surface area is 133 Å². The van der Waals surface area contributed by atoms with Gasteiger partial charge >= 0.3 is 6.09 Å². The Balaban J connectivity index is 2.15. The van der Waals surface area contributed by atoms with E-state index in [1.807, 2.05) is 48.5 Å². The lowest BCUT2D eigenvalue weighted by Crippen LogP contribution is -2.37. The third kappa shape index (κ3) is 2.30. The van der Waals surface area contributed by atoms with Gasteiger partial charge in [-0.1, -0.05) is 42.5 Å². The Kier molecular flexibility index (Phi) is 3.99. The molecule has 0 N–H and O–H groups in total. The predicted molar refractivity (Wildman–Crippen MR) is 84.8 cm³/mol. The standard InChI is InChI=1S/C17H13ClN2O2/c18-9-10-22-17(21)20-15-8-4-3-6-13(15)12-5-1-2-7-14(12)16(20)11-19/h1-8,16H,9-10H2. The fourth-order valence-corrected chi connectivity index (χ4v) is 2.77. The Morgan fingerprint density at radius 3 is 2.59 bits per heavy atom. The van der Waals surface area contributed by atoms with Gasteiger partial charge in [-0.3, -0.25) is 4.90 Å². The molecule has 2 aromatic rings. The highest BCUT2D eigenvalue weighted by molar-refractivity contribution is 6.18. The lowest BCUT2D eigenvalue weighted by molar-refractivity contribution is 0.159. The van der Waals surface area contributed by atoms with Crippen molar-refractivity contribution in [2.75, 3.05) is 17.4 Å². The van der Waals surface area contributed by atoms with Crippen LogP contribution in [0.5, 0.6) is 0 Å². The lowest BCUT2D eigenvalue weighted by atomic mass is 9.89. The lowest BCUT2D eigenvalue weighted by Gasteiger charge is -2.34. The van der Waals surface area contributed by atoms with E-state index in [9.17, 15) is 10.1 Å². The highest BCUT2D eigenvalue weighted by atomic mass is 35.5. The number of hydrogen-bond donors (Lipinski definition) is 0. The largest absolute Gasteiger partial charge is 0.448 e. The van der Waals surface area contributed by atoms with Crippen LogP contribution in [-0.2, 0) is 4.74 Å². The third-order valence-electron chi connectivity index (χ3n) is 3.59. The number of amides is 1. The van der Waals surface area contributed by atoms with Crippen molar-refractivity contribution in [3.8, 4) is 17.2 Å². The Morgan fingerprint density at radius 1 is 1.18 bits per heavy atom. The molecule has 110 valence electrons. The number of halogens is 1. The van der Waals surface area contributed by atoms with Crippen molar-refractivity contribution in [3.63, 3.8) is 0 Å². The van der Waals surface area contributed by atoms with Crippen LogP contribution >= 0.6 is 11.6 Å². The summed E-state index contributed by atoms with van der Waals surface area (Å²) in [6.07, 6.45) is -0.561. The number of carbonyl (C=O) groups excluding carboxylic acids is 1. The number of hydrogen-bond acceptors (Lipinski definition) is 3. The SMILES string of the molecule is N#CC1c2ccccc2-c2ccccc2N1C(=O)OCCCl. The fourth-order valence-electron chi connectivity index (χ4n) is 2.70. The van der Waals surface area contributed by atoms with E-state index in [2.05, 4.69) is 6.07 Å². The number of ether oxygens (including phenoxy) is 1. The van der Waals surface area contributed by atoms with Crippen molar-refractivity contribution in [2.24, 2.45) is 0 Å². The maximum absolute atomic E-state index is 12.4. The van der Waals surface area contributed by atoms with E-state index in [0.29, 0.717) is 5.69 Å². The number of carbonyl (C=O) groups is 1. The van der Waals surface area contributed by atoms with Crippen LogP contribution in [0, 0.1) is 11.3 Å². The van der Waals surface area contributed by atoms with E-state index in [0.717, 1.165) is 16.7 Å². The van der Waals surface area contributed by atoms with E-state index in [1.165, 1.54) is 4.90 Å². The molecule has 0 saturated heterocycles. The van der Waals surface area contributed by atoms with Gasteiger partial charge in [0.15, 0.2) is 6.04 Å². The van der Waals surface area contributed by atoms with Crippen molar-refractivity contribution >= 4 is 23.4 Å². The molecule has 3 rings (SSSR count). The van der Waals surface area contributed by atoms with Crippen molar-refractivity contribution in [2.45, 2.75) is 6.04 Å². The fraction of sp³-hybridized carbons (Fsp3) is 0.176. The average molecular weight is 313 g/mol. The quantitative estimate of drug-likeness (QED) is 0.784. The van der Waals surface area contributed by atoms with E-state index in [4.69, 9.17) is 16.3 Å². The Bertz CT molecular complexity index is 754. The Hall–Kier alpha value is -2.51. The molecule has 1 amide bonds. The van der Waals surface area contributed by atoms with E-state index < -0.39 is 12.1 Å². The first-order valence-corrected chi connectivity index (χ1v) is 7.41. The normalized spacial score (nSPS) is 15.5. The molecule has 0 saturated carbocycles. The molecule has 1 heterocycles. The summed E-state index contributed by atoms with van der Waals surface area (Å²) in [5.74, 6) is 0.217. The molecule has 1 aliphatic heterocycles. The first kappa shape index (κ1) is 14.4. The smallest absolute Gasteiger partial charge is 0.415 e. The van der Waals surface area contributed by atoms with Crippen molar-refractivity contribution < 1.29 is 9.53 Å². The van der Waals surface area contributed by atoms with Crippen molar-refractivity contribution in [3.05, 3.63) is 54.1 Å². The average Bonchev–Trinajstić information content (AvgIpc) is 2.58. The van der Waals surface area contributed by atoms with Crippen LogP contribution < -0.4 is 4.90 Å². The molecule has 0 fully saturated rings. The van der Waals surface area contributed by atoms with Crippen LogP contribution in [0.4, 0.5) is 10.5 Å². The molecule has 1 aliphatic rings. The Morgan fingerprint density at radius 2 is 1.86 bits per heavy atom. The van der Waals surface area contributed by atoms with Gasteiger partial charge in [0.2, 0.25) is 0 Å². The molecular formula is C17H13ClN2O2. The molecule has 4 nitrogen and oxygen atoms in total. The molecular weight excluding hydrogens is 300 g/mol. The summed E-state index contributed by atoms with van der Waals surface area (Å²) in [6, 6.07) is 16.6. The molecule has 22 heavy (non-hydrogen) atoms. The number of anilines is 1. The number of alkyl halides is 1. The maximum Gasteiger partial charge on any atom is 0.415 e. The first-order chi connectivity index (χ1) is 10.8. The molecule has 0 spiro atoms. The zero-order chi connectivity index (χ0) is 15.5. The second kappa shape index (κ2) is 6.08. The summed E-state index contributed by atoms with van der Waals surface area (Å²) in [4.78, 5) is 13.8. The topological polar surface area (TPSA) is 53.3 Å². The van der Waals surface area contributed by atoms with Crippen molar-refractivity contribution in [1.82, 2.24) is 0 Å². The summed E-state index contributed by atoms with van der Waals surface area (Å²) in [5.41, 5.74) is 3.34. The second-order valence-electron chi connectivity index (χ2n) is 4.81. The number of nitrogens with zero attached hydrogens (tertiary/aromatic N) is 2. The first-order valence-electron chi connectivity index (χ1n) is 6.88. The summed E-state index contributed by atoms with van der Waals surface area (Å²) in [5, 5.41) is 9.58. The summed E-state index contributed by atoms with van der Waals surface area (Å²) < 4.78 is 5.14. The van der Waals surface area contributed by atoms with Gasteiger partial charge in [0.05, 0.1) is 17.6 Å². The van der Waals surface area contributed by atoms with E-state index in [1.54, 1.807) is 0 Å². The molecule has 0 aromatic heterocycles. The number of para-hydroxylation sites is 1. The minimum absolute atomic E-state index is 0.110. The minimum atomic E-state index is -0.714. The van der Waals surface area contributed by atoms with Crippen LogP contribution in [0.15, 0.2) is 48.5 Å². The highest BCUT2D eigenvalue weighted by Crippen LogP contribution is 2.44. The van der Waals surface area contributed by atoms with E-state index >= 15 is 0 Å². The zero-order valence-electron chi connectivity index (χ0n) is 11.7. The molecule has 2 aromatic carbocycles. The number of nitriles is 1. The van der Waals surface area contributed by atoms with Gasteiger partial charge in [-0.15, -0.1) is 11.6 Å². The summed E-state index contributed by atoms with van der Waals surface area (Å²) in [6.45, 7) is 0.110. The van der Waals surface area contributed by atoms with Gasteiger partial charge in [0.25, 0.3) is 0 Å².